The summed E-state index contributed by atoms with van der Waals surface area (Å²) in [5.41, 5.74) is 6.23. The quantitative estimate of drug-likeness (QED) is 0.418. The van der Waals surface area contributed by atoms with Crippen molar-refractivity contribution in [3.05, 3.63) is 82.2 Å². The number of benzene rings is 2. The second-order valence-corrected chi connectivity index (χ2v) is 10.2. The Kier molecular flexibility index (Phi) is 5.77. The van der Waals surface area contributed by atoms with Crippen LogP contribution in [0.2, 0.25) is 0 Å². The number of ether oxygens (including phenoxy) is 1. The van der Waals surface area contributed by atoms with Crippen LogP contribution in [-0.2, 0) is 27.4 Å². The van der Waals surface area contributed by atoms with Crippen LogP contribution in [0.15, 0.2) is 53.4 Å². The molecule has 3 aromatic rings. The number of hydrogen-bond acceptors (Lipinski definition) is 5. The monoisotopic (exact) mass is 451 g/mol. The van der Waals surface area contributed by atoms with E-state index in [2.05, 4.69) is 22.8 Å². The van der Waals surface area contributed by atoms with Crippen LogP contribution < -0.4 is 0 Å². The van der Waals surface area contributed by atoms with Gasteiger partial charge in [-0.3, -0.25) is 4.79 Å². The summed E-state index contributed by atoms with van der Waals surface area (Å²) in [5.74, 6) is -0.961. The number of hydrogen-bond donors (Lipinski definition) is 0. The van der Waals surface area contributed by atoms with Gasteiger partial charge in [0.2, 0.25) is 5.78 Å². The highest BCUT2D eigenvalue weighted by Crippen LogP contribution is 2.27. The number of fused-ring (bicyclic) bond motifs is 1. The molecule has 1 heterocycles. The molecule has 0 aliphatic heterocycles. The van der Waals surface area contributed by atoms with Gasteiger partial charge < -0.3 is 9.30 Å². The molecule has 6 nitrogen and oxygen atoms in total. The fourth-order valence-corrected chi connectivity index (χ4v) is 4.90. The molecule has 4 rings (SSSR count). The minimum absolute atomic E-state index is 0.115. The second kappa shape index (κ2) is 8.39. The number of aryl methyl sites for hydroxylation is 3. The summed E-state index contributed by atoms with van der Waals surface area (Å²) in [7, 11) is -3.35. The van der Waals surface area contributed by atoms with Crippen LogP contribution in [0.25, 0.3) is 5.69 Å². The molecule has 0 saturated heterocycles. The number of nitrogens with zero attached hydrogens (tertiary/aromatic N) is 1. The summed E-state index contributed by atoms with van der Waals surface area (Å²) in [5, 5.41) is 0. The van der Waals surface area contributed by atoms with E-state index in [1.807, 2.05) is 19.9 Å². The Hall–Kier alpha value is -3.19. The SMILES string of the molecule is Cc1cc(C(=O)COC(=O)c2ccc(S(C)(=O)=O)cc2)c(C)n1-c1ccc2c(c1)CCC2. The van der Waals surface area contributed by atoms with Crippen LogP contribution in [-0.4, -0.2) is 37.6 Å². The van der Waals surface area contributed by atoms with Gasteiger partial charge in [-0.2, -0.15) is 0 Å². The lowest BCUT2D eigenvalue weighted by Gasteiger charge is -2.12. The van der Waals surface area contributed by atoms with Crippen molar-refractivity contribution in [3.8, 4) is 5.69 Å². The Labute approximate surface area is 187 Å². The largest absolute Gasteiger partial charge is 0.454 e. The average molecular weight is 452 g/mol. The van der Waals surface area contributed by atoms with Gasteiger partial charge in [0, 0.05) is 28.9 Å². The Bertz CT molecular complexity index is 1320. The normalized spacial score (nSPS) is 13.1. The first-order chi connectivity index (χ1) is 15.1. The summed E-state index contributed by atoms with van der Waals surface area (Å²) in [6.45, 7) is 3.45. The molecule has 0 bridgehead atoms. The second-order valence-electron chi connectivity index (χ2n) is 8.22. The van der Waals surface area contributed by atoms with Gasteiger partial charge in [0.25, 0.3) is 0 Å². The lowest BCUT2D eigenvalue weighted by Crippen LogP contribution is -2.15. The highest BCUT2D eigenvalue weighted by Gasteiger charge is 2.20. The highest BCUT2D eigenvalue weighted by atomic mass is 32.2. The first kappa shape index (κ1) is 22.0. The van der Waals surface area contributed by atoms with Crippen molar-refractivity contribution in [2.75, 3.05) is 12.9 Å². The van der Waals surface area contributed by atoms with Crippen molar-refractivity contribution >= 4 is 21.6 Å². The number of rotatable bonds is 6. The molecule has 0 fully saturated rings. The van der Waals surface area contributed by atoms with Gasteiger partial charge >= 0.3 is 5.97 Å². The minimum Gasteiger partial charge on any atom is -0.454 e. The third-order valence-corrected chi connectivity index (χ3v) is 7.05. The van der Waals surface area contributed by atoms with Gasteiger partial charge in [0.05, 0.1) is 10.5 Å². The van der Waals surface area contributed by atoms with Crippen LogP contribution in [0.5, 0.6) is 0 Å². The molecule has 1 aliphatic rings. The predicted octanol–water partition coefficient (Wildman–Crippen LogP) is 4.03. The average Bonchev–Trinajstić information content (AvgIpc) is 3.34. The molecule has 1 aromatic heterocycles. The van der Waals surface area contributed by atoms with Crippen LogP contribution in [0.3, 0.4) is 0 Å². The molecule has 0 amide bonds. The summed E-state index contributed by atoms with van der Waals surface area (Å²) in [6, 6.07) is 13.7. The molecule has 0 saturated carbocycles. The van der Waals surface area contributed by atoms with E-state index in [4.69, 9.17) is 4.74 Å². The molecule has 32 heavy (non-hydrogen) atoms. The molecule has 0 spiro atoms. The number of sulfone groups is 1. The Morgan fingerprint density at radius 1 is 0.969 bits per heavy atom. The van der Waals surface area contributed by atoms with Crippen molar-refractivity contribution in [2.24, 2.45) is 0 Å². The van der Waals surface area contributed by atoms with Crippen molar-refractivity contribution < 1.29 is 22.7 Å². The van der Waals surface area contributed by atoms with Crippen LogP contribution in [0.4, 0.5) is 0 Å². The fraction of sp³-hybridized carbons (Fsp3) is 0.280. The van der Waals surface area contributed by atoms with Crippen LogP contribution in [0.1, 0.15) is 49.7 Å². The molecule has 0 atom stereocenters. The van der Waals surface area contributed by atoms with Gasteiger partial charge in [-0.1, -0.05) is 6.07 Å². The van der Waals surface area contributed by atoms with Crippen molar-refractivity contribution in [3.63, 3.8) is 0 Å². The summed E-state index contributed by atoms with van der Waals surface area (Å²) in [4.78, 5) is 25.2. The lowest BCUT2D eigenvalue weighted by atomic mass is 10.1. The Morgan fingerprint density at radius 2 is 1.66 bits per heavy atom. The van der Waals surface area contributed by atoms with Gasteiger partial charge in [-0.25, -0.2) is 13.2 Å². The third kappa shape index (κ3) is 4.25. The molecular formula is C25H25NO5S. The lowest BCUT2D eigenvalue weighted by molar-refractivity contribution is 0.0474. The number of ketones is 1. The predicted molar refractivity (Wildman–Crippen MR) is 121 cm³/mol. The highest BCUT2D eigenvalue weighted by molar-refractivity contribution is 7.90. The molecule has 7 heteroatoms. The topological polar surface area (TPSA) is 82.4 Å². The molecule has 0 N–H and O–H groups in total. The number of esters is 1. The van der Waals surface area contributed by atoms with E-state index in [0.717, 1.165) is 36.2 Å². The number of aromatic nitrogens is 1. The van der Waals surface area contributed by atoms with E-state index in [-0.39, 0.29) is 22.8 Å². The number of carbonyl (C=O) groups is 2. The van der Waals surface area contributed by atoms with Crippen molar-refractivity contribution in [1.82, 2.24) is 4.57 Å². The Morgan fingerprint density at radius 3 is 2.34 bits per heavy atom. The van der Waals surface area contributed by atoms with E-state index >= 15 is 0 Å². The zero-order valence-corrected chi connectivity index (χ0v) is 19.2. The third-order valence-electron chi connectivity index (χ3n) is 5.92. The zero-order valence-electron chi connectivity index (χ0n) is 18.3. The zero-order chi connectivity index (χ0) is 23.0. The maximum atomic E-state index is 12.8. The molecule has 0 unspecified atom stereocenters. The van der Waals surface area contributed by atoms with Crippen molar-refractivity contribution in [2.45, 2.75) is 38.0 Å². The first-order valence-electron chi connectivity index (χ1n) is 10.5. The fourth-order valence-electron chi connectivity index (χ4n) is 4.27. The summed E-state index contributed by atoms with van der Waals surface area (Å²) >= 11 is 0. The van der Waals surface area contributed by atoms with Crippen molar-refractivity contribution in [1.29, 1.82) is 0 Å². The van der Waals surface area contributed by atoms with E-state index < -0.39 is 15.8 Å². The van der Waals surface area contributed by atoms with Crippen LogP contribution >= 0.6 is 0 Å². The molecule has 166 valence electrons. The maximum Gasteiger partial charge on any atom is 0.338 e. The molecule has 1 aliphatic carbocycles. The number of carbonyl (C=O) groups excluding carboxylic acids is 2. The minimum atomic E-state index is -3.35. The van der Waals surface area contributed by atoms with Gasteiger partial charge in [-0.15, -0.1) is 0 Å². The molecule has 0 radical (unpaired) electrons. The number of Topliss-reactive ketones (excluding diaryl/α,β-unsaturated/α-hetero) is 1. The van der Waals surface area contributed by atoms with E-state index in [1.54, 1.807) is 0 Å². The molecule has 2 aromatic carbocycles. The standard InChI is InChI=1S/C25H25NO5S/c1-16-13-23(17(2)26(16)21-10-7-18-5-4-6-20(18)14-21)24(27)15-31-25(28)19-8-11-22(12-9-19)32(3,29)30/h7-14H,4-6,15H2,1-3H3. The molecular weight excluding hydrogens is 426 g/mol. The van der Waals surface area contributed by atoms with E-state index in [9.17, 15) is 18.0 Å². The van der Waals surface area contributed by atoms with Gasteiger partial charge in [0.1, 0.15) is 0 Å². The van der Waals surface area contributed by atoms with E-state index in [1.165, 1.54) is 41.8 Å². The van der Waals surface area contributed by atoms with Gasteiger partial charge in [0.15, 0.2) is 16.4 Å². The summed E-state index contributed by atoms with van der Waals surface area (Å²) in [6.07, 6.45) is 4.47. The first-order valence-corrected chi connectivity index (χ1v) is 12.4. The van der Waals surface area contributed by atoms with Gasteiger partial charge in [-0.05, 0) is 86.7 Å². The van der Waals surface area contributed by atoms with Crippen LogP contribution in [0, 0.1) is 13.8 Å². The Balaban J connectivity index is 1.48. The smallest absolute Gasteiger partial charge is 0.338 e. The maximum absolute atomic E-state index is 12.8. The van der Waals surface area contributed by atoms with E-state index in [0.29, 0.717) is 5.56 Å². The summed E-state index contributed by atoms with van der Waals surface area (Å²) < 4.78 is 30.3.